The Labute approximate surface area is 191 Å². The van der Waals surface area contributed by atoms with E-state index >= 15 is 0 Å². The van der Waals surface area contributed by atoms with Gasteiger partial charge in [-0.25, -0.2) is 4.68 Å². The van der Waals surface area contributed by atoms with Crippen LogP contribution in [-0.4, -0.2) is 51.7 Å². The van der Waals surface area contributed by atoms with Crippen LogP contribution in [0.15, 0.2) is 60.7 Å². The average Bonchev–Trinajstić information content (AvgIpc) is 3.12. The zero-order valence-corrected chi connectivity index (χ0v) is 19.6. The van der Waals surface area contributed by atoms with Crippen molar-refractivity contribution in [2.24, 2.45) is 7.05 Å². The van der Waals surface area contributed by atoms with Gasteiger partial charge in [-0.05, 0) is 32.4 Å². The number of benzene rings is 2. The Kier molecular flexibility index (Phi) is 8.85. The molecule has 1 N–H and O–H groups in total. The van der Waals surface area contributed by atoms with Gasteiger partial charge in [0.25, 0.3) is 0 Å². The molecule has 3 rings (SSSR count). The first-order valence-corrected chi connectivity index (χ1v) is 11.4. The van der Waals surface area contributed by atoms with Crippen LogP contribution < -0.4 is 4.74 Å². The quantitative estimate of drug-likeness (QED) is 0.438. The Morgan fingerprint density at radius 1 is 1.03 bits per heavy atom. The zero-order chi connectivity index (χ0) is 22.9. The molecule has 172 valence electrons. The highest BCUT2D eigenvalue weighted by atomic mass is 16.5. The number of hydrogen-bond acceptors (Lipinski definition) is 5. The number of rotatable bonds is 12. The van der Waals surface area contributed by atoms with Gasteiger partial charge in [-0.3, -0.25) is 4.90 Å². The summed E-state index contributed by atoms with van der Waals surface area (Å²) in [5, 5.41) is 15.4. The number of para-hydroxylation sites is 1. The summed E-state index contributed by atoms with van der Waals surface area (Å²) in [6, 6.07) is 20.2. The fraction of sp³-hybridized carbons (Fsp3) is 0.423. The van der Waals surface area contributed by atoms with Crippen LogP contribution in [0.4, 0.5) is 0 Å². The molecule has 0 fully saturated rings. The van der Waals surface area contributed by atoms with Gasteiger partial charge in [-0.2, -0.15) is 5.10 Å². The molecule has 0 unspecified atom stereocenters. The standard InChI is InChI=1S/C26H35N3O3/c1-5-20(3)29(17-22(30)19-31-6-2)18-24-25(21-13-9-7-10-14-21)27-28(4)26(24)32-23-15-11-8-12-16-23/h7-16,20,22,30H,5-6,17-19H2,1-4H3/t20-,22-/m1/s1. The molecule has 2 atom stereocenters. The summed E-state index contributed by atoms with van der Waals surface area (Å²) in [7, 11) is 1.91. The van der Waals surface area contributed by atoms with Crippen LogP contribution in [0.2, 0.25) is 0 Å². The van der Waals surface area contributed by atoms with E-state index in [4.69, 9.17) is 14.6 Å². The third-order valence-electron chi connectivity index (χ3n) is 5.63. The molecule has 0 saturated heterocycles. The molecule has 0 spiro atoms. The minimum absolute atomic E-state index is 0.277. The second kappa shape index (κ2) is 11.8. The van der Waals surface area contributed by atoms with E-state index in [2.05, 4.69) is 30.9 Å². The van der Waals surface area contributed by atoms with Crippen LogP contribution >= 0.6 is 0 Å². The number of ether oxygens (including phenoxy) is 2. The normalized spacial score (nSPS) is 13.3. The number of aliphatic hydroxyl groups is 1. The Hall–Kier alpha value is -2.67. The highest BCUT2D eigenvalue weighted by Gasteiger charge is 2.25. The van der Waals surface area contributed by atoms with Crippen molar-refractivity contribution < 1.29 is 14.6 Å². The number of nitrogens with zero attached hydrogens (tertiary/aromatic N) is 3. The van der Waals surface area contributed by atoms with E-state index in [1.165, 1.54) is 0 Å². The first-order valence-electron chi connectivity index (χ1n) is 11.4. The van der Waals surface area contributed by atoms with Crippen molar-refractivity contribution >= 4 is 0 Å². The molecule has 6 heteroatoms. The van der Waals surface area contributed by atoms with E-state index in [0.29, 0.717) is 32.2 Å². The summed E-state index contributed by atoms with van der Waals surface area (Å²) < 4.78 is 13.6. The topological polar surface area (TPSA) is 59.8 Å². The van der Waals surface area contributed by atoms with Crippen LogP contribution in [0.3, 0.4) is 0 Å². The van der Waals surface area contributed by atoms with Gasteiger partial charge >= 0.3 is 0 Å². The fourth-order valence-corrected chi connectivity index (χ4v) is 3.69. The molecule has 6 nitrogen and oxygen atoms in total. The Morgan fingerprint density at radius 3 is 2.31 bits per heavy atom. The first kappa shape index (κ1) is 24.0. The van der Waals surface area contributed by atoms with E-state index in [0.717, 1.165) is 29.0 Å². The minimum atomic E-state index is -0.556. The maximum atomic E-state index is 10.6. The van der Waals surface area contributed by atoms with E-state index in [9.17, 15) is 5.11 Å². The molecule has 0 aliphatic carbocycles. The smallest absolute Gasteiger partial charge is 0.222 e. The van der Waals surface area contributed by atoms with Crippen LogP contribution in [0.1, 0.15) is 32.8 Å². The lowest BCUT2D eigenvalue weighted by Crippen LogP contribution is -2.40. The van der Waals surface area contributed by atoms with Crippen LogP contribution in [0.5, 0.6) is 11.6 Å². The average molecular weight is 438 g/mol. The summed E-state index contributed by atoms with van der Waals surface area (Å²) in [5.41, 5.74) is 2.94. The predicted octanol–water partition coefficient (Wildman–Crippen LogP) is 4.88. The van der Waals surface area contributed by atoms with Crippen molar-refractivity contribution in [1.29, 1.82) is 0 Å². The molecule has 2 aromatic carbocycles. The van der Waals surface area contributed by atoms with E-state index < -0.39 is 6.10 Å². The maximum absolute atomic E-state index is 10.6. The molecule has 1 heterocycles. The van der Waals surface area contributed by atoms with Crippen LogP contribution in [-0.2, 0) is 18.3 Å². The first-order chi connectivity index (χ1) is 15.5. The van der Waals surface area contributed by atoms with Gasteiger partial charge in [0.1, 0.15) is 11.4 Å². The van der Waals surface area contributed by atoms with Crippen molar-refractivity contribution in [3.05, 3.63) is 66.2 Å². The van der Waals surface area contributed by atoms with Gasteiger partial charge in [0.05, 0.1) is 18.3 Å². The molecular formula is C26H35N3O3. The number of hydrogen-bond donors (Lipinski definition) is 1. The summed E-state index contributed by atoms with van der Waals surface area (Å²) in [6.07, 6.45) is 0.413. The lowest BCUT2D eigenvalue weighted by atomic mass is 10.1. The molecule has 0 aliphatic rings. The van der Waals surface area contributed by atoms with Crippen molar-refractivity contribution in [2.75, 3.05) is 19.8 Å². The number of aliphatic hydroxyl groups excluding tert-OH is 1. The van der Waals surface area contributed by atoms with Crippen LogP contribution in [0.25, 0.3) is 11.3 Å². The van der Waals surface area contributed by atoms with Gasteiger partial charge in [-0.15, -0.1) is 0 Å². The molecule has 0 bridgehead atoms. The highest BCUT2D eigenvalue weighted by Crippen LogP contribution is 2.34. The molecule has 0 radical (unpaired) electrons. The highest BCUT2D eigenvalue weighted by molar-refractivity contribution is 5.65. The Bertz CT molecular complexity index is 944. The van der Waals surface area contributed by atoms with E-state index in [1.807, 2.05) is 62.5 Å². The van der Waals surface area contributed by atoms with Crippen molar-refractivity contribution in [3.8, 4) is 22.9 Å². The molecule has 0 aliphatic heterocycles. The van der Waals surface area contributed by atoms with Crippen molar-refractivity contribution in [2.45, 2.75) is 45.9 Å². The molecule has 3 aromatic rings. The van der Waals surface area contributed by atoms with Crippen molar-refractivity contribution in [1.82, 2.24) is 14.7 Å². The SMILES string of the molecule is CCOC[C@H](O)CN(Cc1c(-c2ccccc2)nn(C)c1Oc1ccccc1)[C@H](C)CC. The van der Waals surface area contributed by atoms with E-state index in [1.54, 1.807) is 4.68 Å². The fourth-order valence-electron chi connectivity index (χ4n) is 3.69. The Balaban J connectivity index is 1.98. The Morgan fingerprint density at radius 2 is 1.69 bits per heavy atom. The summed E-state index contributed by atoms with van der Waals surface area (Å²) in [4.78, 5) is 2.28. The van der Waals surface area contributed by atoms with Crippen molar-refractivity contribution in [3.63, 3.8) is 0 Å². The largest absolute Gasteiger partial charge is 0.439 e. The molecule has 0 amide bonds. The third-order valence-corrected chi connectivity index (χ3v) is 5.63. The summed E-state index contributed by atoms with van der Waals surface area (Å²) in [6.45, 7) is 8.33. The summed E-state index contributed by atoms with van der Waals surface area (Å²) in [5.74, 6) is 1.48. The molecule has 0 saturated carbocycles. The lowest BCUT2D eigenvalue weighted by molar-refractivity contribution is 0.0112. The zero-order valence-electron chi connectivity index (χ0n) is 19.6. The van der Waals surface area contributed by atoms with Gasteiger partial charge in [-0.1, -0.05) is 55.5 Å². The molecule has 1 aromatic heterocycles. The minimum Gasteiger partial charge on any atom is -0.439 e. The monoisotopic (exact) mass is 437 g/mol. The van der Waals surface area contributed by atoms with Crippen LogP contribution in [0, 0.1) is 0 Å². The lowest BCUT2D eigenvalue weighted by Gasteiger charge is -2.30. The second-order valence-electron chi connectivity index (χ2n) is 8.04. The number of aryl methyl sites for hydroxylation is 1. The van der Waals surface area contributed by atoms with Gasteiger partial charge in [0, 0.05) is 38.3 Å². The van der Waals surface area contributed by atoms with Gasteiger partial charge in [0.15, 0.2) is 0 Å². The third kappa shape index (κ3) is 6.19. The molecular weight excluding hydrogens is 402 g/mol. The van der Waals surface area contributed by atoms with Gasteiger partial charge < -0.3 is 14.6 Å². The predicted molar refractivity (Wildman–Crippen MR) is 128 cm³/mol. The number of aromatic nitrogens is 2. The van der Waals surface area contributed by atoms with Gasteiger partial charge in [0.2, 0.25) is 5.88 Å². The van der Waals surface area contributed by atoms with E-state index in [-0.39, 0.29) is 6.04 Å². The summed E-state index contributed by atoms with van der Waals surface area (Å²) >= 11 is 0. The molecule has 32 heavy (non-hydrogen) atoms. The second-order valence-corrected chi connectivity index (χ2v) is 8.04. The maximum Gasteiger partial charge on any atom is 0.222 e.